The van der Waals surface area contributed by atoms with Crippen molar-refractivity contribution in [2.24, 2.45) is 10.7 Å². The summed E-state index contributed by atoms with van der Waals surface area (Å²) < 4.78 is 35.0. The number of rotatable bonds is 10. The third kappa shape index (κ3) is 8.12. The number of guanidine groups is 1. The first-order valence-electron chi connectivity index (χ1n) is 9.12. The van der Waals surface area contributed by atoms with Gasteiger partial charge in [0, 0.05) is 23.7 Å². The topological polar surface area (TPSA) is 98.0 Å². The van der Waals surface area contributed by atoms with Crippen molar-refractivity contribution in [2.75, 3.05) is 13.2 Å². The molecule has 0 aliphatic rings. The van der Waals surface area contributed by atoms with Crippen molar-refractivity contribution in [3.05, 3.63) is 58.6 Å². The smallest absolute Gasteiger partial charge is 0.387 e. The number of halogens is 3. The molecule has 0 bridgehead atoms. The molecule has 7 nitrogen and oxygen atoms in total. The van der Waals surface area contributed by atoms with Gasteiger partial charge < -0.3 is 25.8 Å². The van der Waals surface area contributed by atoms with Crippen LogP contribution in [0.4, 0.5) is 8.78 Å². The second kappa shape index (κ2) is 11.8. The molecular weight excluding hydrogens is 418 g/mol. The first kappa shape index (κ1) is 23.2. The Labute approximate surface area is 178 Å². The average molecular weight is 441 g/mol. The van der Waals surface area contributed by atoms with Gasteiger partial charge >= 0.3 is 6.61 Å². The van der Waals surface area contributed by atoms with Gasteiger partial charge in [0.15, 0.2) is 12.6 Å². The fourth-order valence-electron chi connectivity index (χ4n) is 2.48. The zero-order valence-corrected chi connectivity index (χ0v) is 17.1. The van der Waals surface area contributed by atoms with Gasteiger partial charge in [-0.25, -0.2) is 4.99 Å². The van der Waals surface area contributed by atoms with Crippen LogP contribution in [0, 0.1) is 0 Å². The number of carbonyl (C=O) groups excluding carboxylic acids is 1. The average Bonchev–Trinajstić information content (AvgIpc) is 2.70. The van der Waals surface area contributed by atoms with E-state index < -0.39 is 12.5 Å². The van der Waals surface area contributed by atoms with Gasteiger partial charge in [-0.3, -0.25) is 4.79 Å². The molecule has 2 rings (SSSR count). The molecule has 0 fully saturated rings. The van der Waals surface area contributed by atoms with Crippen LogP contribution < -0.4 is 25.8 Å². The molecule has 0 aliphatic heterocycles. The van der Waals surface area contributed by atoms with Crippen molar-refractivity contribution in [1.29, 1.82) is 0 Å². The molecule has 0 saturated heterocycles. The first-order valence-corrected chi connectivity index (χ1v) is 9.50. The summed E-state index contributed by atoms with van der Waals surface area (Å²) in [6.45, 7) is -0.144. The predicted molar refractivity (Wildman–Crippen MR) is 111 cm³/mol. The molecule has 4 N–H and O–H groups in total. The zero-order chi connectivity index (χ0) is 21.9. The highest BCUT2D eigenvalue weighted by Gasteiger charge is 2.11. The van der Waals surface area contributed by atoms with E-state index in [9.17, 15) is 13.6 Å². The SMILES string of the molecule is CCNC(=NCc1cccc(OCC(N)=O)c1)NCc1cc(Cl)ccc1OC(F)F. The van der Waals surface area contributed by atoms with Crippen LogP contribution in [0.1, 0.15) is 18.1 Å². The fourth-order valence-corrected chi connectivity index (χ4v) is 2.67. The number of benzene rings is 2. The Balaban J connectivity index is 2.06. The van der Waals surface area contributed by atoms with E-state index in [1.54, 1.807) is 24.3 Å². The van der Waals surface area contributed by atoms with Crippen LogP contribution in [0.5, 0.6) is 11.5 Å². The van der Waals surface area contributed by atoms with Crippen molar-refractivity contribution in [2.45, 2.75) is 26.6 Å². The molecule has 0 aromatic heterocycles. The summed E-state index contributed by atoms with van der Waals surface area (Å²) in [6, 6.07) is 11.5. The third-order valence-corrected chi connectivity index (χ3v) is 3.96. The van der Waals surface area contributed by atoms with Crippen molar-refractivity contribution in [3.8, 4) is 11.5 Å². The minimum atomic E-state index is -2.93. The van der Waals surface area contributed by atoms with E-state index >= 15 is 0 Å². The van der Waals surface area contributed by atoms with E-state index in [1.807, 2.05) is 13.0 Å². The predicted octanol–water partition coefficient (Wildman–Crippen LogP) is 3.06. The number of nitrogens with one attached hydrogen (secondary N) is 2. The minimum Gasteiger partial charge on any atom is -0.484 e. The van der Waals surface area contributed by atoms with Gasteiger partial charge in [0.2, 0.25) is 0 Å². The van der Waals surface area contributed by atoms with Gasteiger partial charge in [-0.1, -0.05) is 23.7 Å². The number of hydrogen-bond acceptors (Lipinski definition) is 4. The first-order chi connectivity index (χ1) is 14.4. The van der Waals surface area contributed by atoms with Crippen molar-refractivity contribution in [1.82, 2.24) is 10.6 Å². The number of primary amides is 1. The van der Waals surface area contributed by atoms with Crippen LogP contribution in [0.25, 0.3) is 0 Å². The Bertz CT molecular complexity index is 881. The van der Waals surface area contributed by atoms with E-state index in [1.165, 1.54) is 12.1 Å². The van der Waals surface area contributed by atoms with Crippen LogP contribution in [-0.4, -0.2) is 31.6 Å². The molecule has 2 aromatic rings. The Morgan fingerprint density at radius 3 is 2.73 bits per heavy atom. The van der Waals surface area contributed by atoms with Crippen molar-refractivity contribution < 1.29 is 23.0 Å². The highest BCUT2D eigenvalue weighted by Crippen LogP contribution is 2.24. The number of amides is 1. The largest absolute Gasteiger partial charge is 0.484 e. The fraction of sp³-hybridized carbons (Fsp3) is 0.300. The van der Waals surface area contributed by atoms with E-state index in [4.69, 9.17) is 22.1 Å². The number of alkyl halides is 2. The summed E-state index contributed by atoms with van der Waals surface area (Å²) in [5.41, 5.74) is 6.39. The summed E-state index contributed by atoms with van der Waals surface area (Å²) in [7, 11) is 0. The van der Waals surface area contributed by atoms with Crippen LogP contribution in [-0.2, 0) is 17.9 Å². The van der Waals surface area contributed by atoms with E-state index in [-0.39, 0.29) is 18.9 Å². The van der Waals surface area contributed by atoms with Gasteiger partial charge in [0.25, 0.3) is 5.91 Å². The Morgan fingerprint density at radius 2 is 2.03 bits per heavy atom. The molecule has 10 heteroatoms. The summed E-state index contributed by atoms with van der Waals surface area (Å²) in [5.74, 6) is 0.460. The summed E-state index contributed by atoms with van der Waals surface area (Å²) in [5, 5.41) is 6.55. The molecule has 0 spiro atoms. The number of nitrogens with two attached hydrogens (primary N) is 1. The molecular formula is C20H23ClF2N4O3. The molecule has 2 aromatic carbocycles. The maximum Gasteiger partial charge on any atom is 0.387 e. The van der Waals surface area contributed by atoms with E-state index in [0.717, 1.165) is 5.56 Å². The Hall–Kier alpha value is -3.07. The molecule has 0 heterocycles. The molecule has 162 valence electrons. The van der Waals surface area contributed by atoms with Crippen molar-refractivity contribution in [3.63, 3.8) is 0 Å². The summed E-state index contributed by atoms with van der Waals surface area (Å²) in [6.07, 6.45) is 0. The number of carbonyl (C=O) groups is 1. The minimum absolute atomic E-state index is 0.0389. The van der Waals surface area contributed by atoms with Crippen LogP contribution >= 0.6 is 11.6 Å². The normalized spacial score (nSPS) is 11.3. The maximum absolute atomic E-state index is 12.6. The lowest BCUT2D eigenvalue weighted by atomic mass is 10.2. The van der Waals surface area contributed by atoms with E-state index in [0.29, 0.717) is 35.4 Å². The molecule has 0 radical (unpaired) electrons. The van der Waals surface area contributed by atoms with Gasteiger partial charge in [-0.15, -0.1) is 0 Å². The quantitative estimate of drug-likeness (QED) is 0.389. The summed E-state index contributed by atoms with van der Waals surface area (Å²) >= 11 is 5.97. The molecule has 0 atom stereocenters. The van der Waals surface area contributed by atoms with Gasteiger partial charge in [0.1, 0.15) is 11.5 Å². The number of aliphatic imine (C=N–C) groups is 1. The van der Waals surface area contributed by atoms with Gasteiger partial charge in [0.05, 0.1) is 6.54 Å². The Morgan fingerprint density at radius 1 is 1.23 bits per heavy atom. The number of nitrogens with zero attached hydrogens (tertiary/aromatic N) is 1. The van der Waals surface area contributed by atoms with Crippen LogP contribution in [0.3, 0.4) is 0 Å². The monoisotopic (exact) mass is 440 g/mol. The third-order valence-electron chi connectivity index (χ3n) is 3.73. The second-order valence-corrected chi connectivity index (χ2v) is 6.52. The second-order valence-electron chi connectivity index (χ2n) is 6.08. The lowest BCUT2D eigenvalue weighted by Crippen LogP contribution is -2.36. The van der Waals surface area contributed by atoms with Crippen LogP contribution in [0.15, 0.2) is 47.5 Å². The molecule has 0 saturated carbocycles. The van der Waals surface area contributed by atoms with Gasteiger partial charge in [-0.05, 0) is 42.8 Å². The Kier molecular flexibility index (Phi) is 9.14. The lowest BCUT2D eigenvalue weighted by Gasteiger charge is -2.15. The molecule has 1 amide bonds. The number of ether oxygens (including phenoxy) is 2. The lowest BCUT2D eigenvalue weighted by molar-refractivity contribution is -0.119. The maximum atomic E-state index is 12.6. The highest BCUT2D eigenvalue weighted by molar-refractivity contribution is 6.30. The summed E-state index contributed by atoms with van der Waals surface area (Å²) in [4.78, 5) is 15.3. The van der Waals surface area contributed by atoms with Crippen LogP contribution in [0.2, 0.25) is 5.02 Å². The molecule has 0 aliphatic carbocycles. The molecule has 0 unspecified atom stereocenters. The molecule has 30 heavy (non-hydrogen) atoms. The van der Waals surface area contributed by atoms with E-state index in [2.05, 4.69) is 20.4 Å². The van der Waals surface area contributed by atoms with Gasteiger partial charge in [-0.2, -0.15) is 8.78 Å². The zero-order valence-electron chi connectivity index (χ0n) is 16.3. The standard InChI is InChI=1S/C20H23ClF2N4O3/c1-2-25-20(26-10-13-4-3-5-16(8-13)29-12-18(24)28)27-11-14-9-15(21)6-7-17(14)30-19(22)23/h3-9,19H,2,10-12H2,1H3,(H2,24,28)(H2,25,26,27). The highest BCUT2D eigenvalue weighted by atomic mass is 35.5. The van der Waals surface area contributed by atoms with Crippen molar-refractivity contribution >= 4 is 23.5 Å². The number of hydrogen-bond donors (Lipinski definition) is 3.